The maximum absolute atomic E-state index is 13.4. The number of nitrogens with one attached hydrogen (secondary N) is 1. The summed E-state index contributed by atoms with van der Waals surface area (Å²) in [6, 6.07) is 14.2. The minimum Gasteiger partial charge on any atom is -0.378 e. The van der Waals surface area contributed by atoms with Crippen molar-refractivity contribution in [3.63, 3.8) is 0 Å². The summed E-state index contributed by atoms with van der Waals surface area (Å²) in [5.41, 5.74) is 4.06. The van der Waals surface area contributed by atoms with Gasteiger partial charge in [0.25, 0.3) is 0 Å². The Morgan fingerprint density at radius 1 is 1.06 bits per heavy atom. The second-order valence-electron chi connectivity index (χ2n) is 8.83. The highest BCUT2D eigenvalue weighted by Crippen LogP contribution is 2.40. The summed E-state index contributed by atoms with van der Waals surface area (Å²) in [5, 5.41) is 2.93. The Labute approximate surface area is 198 Å². The van der Waals surface area contributed by atoms with Crippen LogP contribution in [0.5, 0.6) is 0 Å². The average molecular weight is 458 g/mol. The number of urea groups is 1. The Balaban J connectivity index is 1.36. The Morgan fingerprint density at radius 2 is 1.97 bits per heavy atom. The van der Waals surface area contributed by atoms with Gasteiger partial charge in [-0.25, -0.2) is 19.7 Å². The Kier molecular flexibility index (Phi) is 5.46. The number of rotatable bonds is 3. The van der Waals surface area contributed by atoms with Gasteiger partial charge >= 0.3 is 6.03 Å². The number of morpholine rings is 1. The second kappa shape index (κ2) is 8.90. The molecular weight excluding hydrogens is 430 g/mol. The molecule has 3 aliphatic heterocycles. The zero-order chi connectivity index (χ0) is 22.9. The van der Waals surface area contributed by atoms with Gasteiger partial charge in [0.15, 0.2) is 5.82 Å². The van der Waals surface area contributed by atoms with Gasteiger partial charge in [-0.1, -0.05) is 12.1 Å². The molecule has 0 unspecified atom stereocenters. The molecule has 0 spiro atoms. The summed E-state index contributed by atoms with van der Waals surface area (Å²) in [5.74, 6) is 1.19. The van der Waals surface area contributed by atoms with E-state index in [2.05, 4.69) is 61.5 Å². The Morgan fingerprint density at radius 3 is 2.82 bits per heavy atom. The molecule has 2 amide bonds. The molecule has 6 rings (SSSR count). The van der Waals surface area contributed by atoms with Gasteiger partial charge in [0.2, 0.25) is 0 Å². The molecule has 2 bridgehead atoms. The first kappa shape index (κ1) is 20.9. The lowest BCUT2D eigenvalue weighted by molar-refractivity contribution is 0.122. The van der Waals surface area contributed by atoms with Gasteiger partial charge in [-0.2, -0.15) is 0 Å². The van der Waals surface area contributed by atoms with Crippen LogP contribution in [0.2, 0.25) is 0 Å². The van der Waals surface area contributed by atoms with Crippen molar-refractivity contribution in [2.45, 2.75) is 18.9 Å². The minimum absolute atomic E-state index is 0.0746. The van der Waals surface area contributed by atoms with Crippen LogP contribution in [0.15, 0.2) is 55.0 Å². The summed E-state index contributed by atoms with van der Waals surface area (Å²) in [7, 11) is 0. The van der Waals surface area contributed by atoms with Crippen molar-refractivity contribution in [2.24, 2.45) is 0 Å². The van der Waals surface area contributed by atoms with Crippen molar-refractivity contribution in [1.29, 1.82) is 0 Å². The van der Waals surface area contributed by atoms with Crippen molar-refractivity contribution >= 4 is 29.0 Å². The molecular formula is C25H27N7O2. The predicted molar refractivity (Wildman–Crippen MR) is 131 cm³/mol. The normalized spacial score (nSPS) is 19.5. The zero-order valence-corrected chi connectivity index (χ0v) is 18.9. The van der Waals surface area contributed by atoms with Crippen molar-refractivity contribution < 1.29 is 9.53 Å². The molecule has 1 aromatic carbocycles. The zero-order valence-electron chi connectivity index (χ0n) is 18.9. The molecule has 0 radical (unpaired) electrons. The number of hydrogen-bond donors (Lipinski definition) is 1. The smallest absolute Gasteiger partial charge is 0.329 e. The third-order valence-electron chi connectivity index (χ3n) is 6.74. The van der Waals surface area contributed by atoms with Gasteiger partial charge in [-0.15, -0.1) is 0 Å². The first-order valence-corrected chi connectivity index (χ1v) is 11.8. The summed E-state index contributed by atoms with van der Waals surface area (Å²) in [6.07, 6.45) is 5.04. The van der Waals surface area contributed by atoms with E-state index in [0.29, 0.717) is 11.6 Å². The molecule has 0 aliphatic carbocycles. The first-order valence-electron chi connectivity index (χ1n) is 11.8. The maximum atomic E-state index is 13.4. The fourth-order valence-electron chi connectivity index (χ4n) is 5.06. The Bertz CT molecular complexity index is 1180. The highest BCUT2D eigenvalue weighted by atomic mass is 16.5. The van der Waals surface area contributed by atoms with E-state index in [1.165, 1.54) is 12.0 Å². The van der Waals surface area contributed by atoms with E-state index >= 15 is 0 Å². The van der Waals surface area contributed by atoms with Gasteiger partial charge < -0.3 is 14.5 Å². The molecule has 5 heterocycles. The highest BCUT2D eigenvalue weighted by molar-refractivity contribution is 6.04. The topological polar surface area (TPSA) is 86.7 Å². The van der Waals surface area contributed by atoms with Crippen molar-refractivity contribution in [2.75, 3.05) is 59.4 Å². The maximum Gasteiger partial charge on any atom is 0.329 e. The molecule has 1 atom stereocenters. The van der Waals surface area contributed by atoms with E-state index in [4.69, 9.17) is 9.72 Å². The van der Waals surface area contributed by atoms with Crippen molar-refractivity contribution in [3.8, 4) is 11.3 Å². The summed E-state index contributed by atoms with van der Waals surface area (Å²) >= 11 is 0. The first-order chi connectivity index (χ1) is 16.8. The largest absolute Gasteiger partial charge is 0.378 e. The number of aromatic nitrogens is 3. The number of carbonyl (C=O) groups excluding carboxylic acids is 1. The monoisotopic (exact) mass is 457 g/mol. The number of amides is 2. The lowest BCUT2D eigenvalue weighted by atomic mass is 9.99. The molecule has 2 aromatic heterocycles. The van der Waals surface area contributed by atoms with E-state index in [1.807, 2.05) is 4.90 Å². The standard InChI is InChI=1S/C25H27N7O2/c33-25(29-23-8-9-26-17-27-23)32-20-5-2-10-31(16-20)22-7-6-21(28-24(22)32)18-3-1-4-19(15-18)30-11-13-34-14-12-30/h1,3-4,6-9,15,17,20H,2,5,10-14,16H2,(H,26,27,29,33)/t20-/m0/s1. The minimum atomic E-state index is -0.210. The van der Waals surface area contributed by atoms with Crippen LogP contribution in [0, 0.1) is 0 Å². The molecule has 9 heteroatoms. The molecule has 1 N–H and O–H groups in total. The SMILES string of the molecule is O=C(Nc1ccncn1)N1c2nc(-c3cccc(N4CCOCC4)c3)ccc2N2CCC[C@H]1C2. The van der Waals surface area contributed by atoms with Gasteiger partial charge in [-0.3, -0.25) is 10.2 Å². The van der Waals surface area contributed by atoms with E-state index in [1.54, 1.807) is 12.3 Å². The van der Waals surface area contributed by atoms with Crippen LogP contribution < -0.4 is 20.0 Å². The van der Waals surface area contributed by atoms with Gasteiger partial charge in [0.05, 0.1) is 30.6 Å². The van der Waals surface area contributed by atoms with Crippen LogP contribution in [-0.4, -0.2) is 66.4 Å². The molecule has 0 saturated carbocycles. The van der Waals surface area contributed by atoms with E-state index < -0.39 is 0 Å². The van der Waals surface area contributed by atoms with E-state index in [0.717, 1.165) is 69.2 Å². The average Bonchev–Trinajstić information content (AvgIpc) is 2.90. The van der Waals surface area contributed by atoms with Crippen LogP contribution in [0.25, 0.3) is 11.3 Å². The number of pyridine rings is 1. The highest BCUT2D eigenvalue weighted by Gasteiger charge is 2.38. The molecule has 3 aromatic rings. The fraction of sp³-hybridized carbons (Fsp3) is 0.360. The number of nitrogens with zero attached hydrogens (tertiary/aromatic N) is 6. The molecule has 2 saturated heterocycles. The number of hydrogen-bond acceptors (Lipinski definition) is 7. The van der Waals surface area contributed by atoms with Crippen LogP contribution in [0.4, 0.5) is 27.8 Å². The molecule has 3 aliphatic rings. The van der Waals surface area contributed by atoms with Crippen molar-refractivity contribution in [1.82, 2.24) is 15.0 Å². The number of ether oxygens (including phenoxy) is 1. The summed E-state index contributed by atoms with van der Waals surface area (Å²) in [6.45, 7) is 5.06. The van der Waals surface area contributed by atoms with Crippen LogP contribution in [0.3, 0.4) is 0 Å². The third-order valence-corrected chi connectivity index (χ3v) is 6.74. The van der Waals surface area contributed by atoms with E-state index in [9.17, 15) is 4.79 Å². The third kappa shape index (κ3) is 3.92. The fourth-order valence-corrected chi connectivity index (χ4v) is 5.06. The Hall–Kier alpha value is -3.72. The number of anilines is 4. The number of fused-ring (bicyclic) bond motifs is 4. The number of piperidine rings is 1. The number of carbonyl (C=O) groups is 1. The lowest BCUT2D eigenvalue weighted by Gasteiger charge is -2.45. The lowest BCUT2D eigenvalue weighted by Crippen LogP contribution is -2.56. The predicted octanol–water partition coefficient (Wildman–Crippen LogP) is 3.40. The van der Waals surface area contributed by atoms with Gasteiger partial charge in [0, 0.05) is 43.6 Å². The van der Waals surface area contributed by atoms with Gasteiger partial charge in [-0.05, 0) is 43.2 Å². The second-order valence-corrected chi connectivity index (χ2v) is 8.83. The molecule has 9 nitrogen and oxygen atoms in total. The number of benzene rings is 1. The molecule has 2 fully saturated rings. The van der Waals surface area contributed by atoms with Gasteiger partial charge in [0.1, 0.15) is 12.1 Å². The quantitative estimate of drug-likeness (QED) is 0.645. The van der Waals surface area contributed by atoms with Crippen LogP contribution in [0.1, 0.15) is 12.8 Å². The molecule has 174 valence electrons. The molecule has 34 heavy (non-hydrogen) atoms. The summed E-state index contributed by atoms with van der Waals surface area (Å²) < 4.78 is 5.50. The van der Waals surface area contributed by atoms with Crippen LogP contribution >= 0.6 is 0 Å². The van der Waals surface area contributed by atoms with Crippen LogP contribution in [-0.2, 0) is 4.74 Å². The summed E-state index contributed by atoms with van der Waals surface area (Å²) in [4.78, 5) is 33.1. The van der Waals surface area contributed by atoms with Crippen molar-refractivity contribution in [3.05, 3.63) is 55.0 Å². The van der Waals surface area contributed by atoms with E-state index in [-0.39, 0.29) is 12.1 Å².